The van der Waals surface area contributed by atoms with Crippen molar-refractivity contribution in [3.63, 3.8) is 0 Å². The number of nitrogens with two attached hydrogens (primary N) is 1. The second kappa shape index (κ2) is 50.2. The van der Waals surface area contributed by atoms with Gasteiger partial charge in [-0.1, -0.05) is 244 Å². The third kappa shape index (κ3) is 50.1. The molecule has 2 atom stereocenters. The molecule has 364 valence electrons. The first-order valence-corrected chi connectivity index (χ1v) is 28.2. The number of unbranched alkanes of at least 4 members (excludes halogenated alkanes) is 37. The summed E-state index contributed by atoms with van der Waals surface area (Å²) in [6, 6.07) is 0. The molecular weight excluding hydrogens is 782 g/mol. The molecule has 0 aromatic carbocycles. The Morgan fingerprint density at radius 2 is 0.820 bits per heavy atom. The van der Waals surface area contributed by atoms with E-state index >= 15 is 0 Å². The Balaban J connectivity index is 3.85. The van der Waals surface area contributed by atoms with Crippen molar-refractivity contribution in [2.75, 3.05) is 33.0 Å². The lowest BCUT2D eigenvalue weighted by molar-refractivity contribution is -0.154. The van der Waals surface area contributed by atoms with Gasteiger partial charge in [0.05, 0.1) is 19.8 Å². The molecule has 2 unspecified atom stereocenters. The van der Waals surface area contributed by atoms with E-state index in [0.717, 1.165) is 32.1 Å². The molecule has 0 amide bonds. The number of ether oxygens (including phenoxy) is 2. The standard InChI is InChI=1S/C52H104NO7P/c1-3-5-7-9-11-13-15-17-19-21-22-23-24-25-26-27-28-30-32-34-36-38-40-42-44-47-57-49-51(50-59-61(55,56)58-48-46-53)60-52(54)45-43-41-39-37-35-33-31-29-20-18-16-14-12-10-8-6-4-2/h18,20,51H,3-17,19,21-50,53H2,1-2H3,(H,55,56)/b20-18-. The Morgan fingerprint density at radius 1 is 0.475 bits per heavy atom. The normalized spacial score (nSPS) is 13.3. The number of carbonyl (C=O) groups excluding carboxylic acids is 1. The van der Waals surface area contributed by atoms with Crippen molar-refractivity contribution in [1.82, 2.24) is 0 Å². The summed E-state index contributed by atoms with van der Waals surface area (Å²) < 4.78 is 33.6. The van der Waals surface area contributed by atoms with Crippen LogP contribution in [0.1, 0.15) is 277 Å². The largest absolute Gasteiger partial charge is 0.472 e. The highest BCUT2D eigenvalue weighted by Gasteiger charge is 2.25. The second-order valence-corrected chi connectivity index (χ2v) is 19.6. The van der Waals surface area contributed by atoms with Crippen LogP contribution in [-0.4, -0.2) is 49.9 Å². The van der Waals surface area contributed by atoms with Gasteiger partial charge in [-0.25, -0.2) is 4.57 Å². The van der Waals surface area contributed by atoms with E-state index in [1.165, 1.54) is 225 Å². The van der Waals surface area contributed by atoms with Crippen LogP contribution in [0.4, 0.5) is 0 Å². The average Bonchev–Trinajstić information content (AvgIpc) is 3.25. The lowest BCUT2D eigenvalue weighted by Gasteiger charge is -2.20. The van der Waals surface area contributed by atoms with E-state index in [-0.39, 0.29) is 32.3 Å². The molecule has 0 radical (unpaired) electrons. The predicted molar refractivity (Wildman–Crippen MR) is 261 cm³/mol. The summed E-state index contributed by atoms with van der Waals surface area (Å²) in [6.07, 6.45) is 56.8. The van der Waals surface area contributed by atoms with E-state index in [1.54, 1.807) is 0 Å². The van der Waals surface area contributed by atoms with Gasteiger partial charge in [-0.05, 0) is 38.5 Å². The van der Waals surface area contributed by atoms with Gasteiger partial charge in [0.2, 0.25) is 0 Å². The van der Waals surface area contributed by atoms with Gasteiger partial charge >= 0.3 is 13.8 Å². The number of phosphoric ester groups is 1. The Labute approximate surface area is 379 Å². The van der Waals surface area contributed by atoms with Crippen molar-refractivity contribution in [3.05, 3.63) is 12.2 Å². The summed E-state index contributed by atoms with van der Waals surface area (Å²) in [5.74, 6) is -0.328. The minimum Gasteiger partial charge on any atom is -0.457 e. The molecular formula is C52H104NO7P. The molecule has 0 aromatic heterocycles. The zero-order chi connectivity index (χ0) is 44.4. The maximum absolute atomic E-state index is 12.6. The van der Waals surface area contributed by atoms with Crippen LogP contribution in [-0.2, 0) is 27.9 Å². The number of carbonyl (C=O) groups is 1. The van der Waals surface area contributed by atoms with Gasteiger partial charge in [0.1, 0.15) is 6.10 Å². The lowest BCUT2D eigenvalue weighted by atomic mass is 10.0. The summed E-state index contributed by atoms with van der Waals surface area (Å²) in [6.45, 7) is 4.98. The molecule has 61 heavy (non-hydrogen) atoms. The van der Waals surface area contributed by atoms with Crippen molar-refractivity contribution < 1.29 is 32.8 Å². The van der Waals surface area contributed by atoms with E-state index in [1.807, 2.05) is 0 Å². The number of phosphoric acid groups is 1. The fourth-order valence-corrected chi connectivity index (χ4v) is 8.76. The summed E-state index contributed by atoms with van der Waals surface area (Å²) in [7, 11) is -4.28. The lowest BCUT2D eigenvalue weighted by Crippen LogP contribution is -2.28. The van der Waals surface area contributed by atoms with Gasteiger partial charge in [0.15, 0.2) is 0 Å². The molecule has 3 N–H and O–H groups in total. The molecule has 0 heterocycles. The molecule has 0 fully saturated rings. The molecule has 9 heteroatoms. The Bertz CT molecular complexity index is 951. The Kier molecular flexibility index (Phi) is 49.6. The van der Waals surface area contributed by atoms with Gasteiger partial charge < -0.3 is 20.1 Å². The fraction of sp³-hybridized carbons (Fsp3) is 0.942. The summed E-state index contributed by atoms with van der Waals surface area (Å²) in [4.78, 5) is 22.6. The van der Waals surface area contributed by atoms with Crippen LogP contribution in [0.15, 0.2) is 12.2 Å². The highest BCUT2D eigenvalue weighted by atomic mass is 31.2. The molecule has 0 rings (SSSR count). The third-order valence-electron chi connectivity index (χ3n) is 11.9. The van der Waals surface area contributed by atoms with Gasteiger partial charge in [0.25, 0.3) is 0 Å². The molecule has 0 saturated carbocycles. The molecule has 0 aliphatic rings. The summed E-state index contributed by atoms with van der Waals surface area (Å²) in [5, 5.41) is 0. The second-order valence-electron chi connectivity index (χ2n) is 18.1. The number of allylic oxidation sites excluding steroid dienone is 2. The van der Waals surface area contributed by atoms with Crippen LogP contribution >= 0.6 is 7.82 Å². The van der Waals surface area contributed by atoms with Crippen LogP contribution in [0.5, 0.6) is 0 Å². The van der Waals surface area contributed by atoms with Crippen LogP contribution in [0.25, 0.3) is 0 Å². The maximum atomic E-state index is 12.6. The smallest absolute Gasteiger partial charge is 0.457 e. The number of hydrogen-bond acceptors (Lipinski definition) is 7. The van der Waals surface area contributed by atoms with Crippen LogP contribution in [0.3, 0.4) is 0 Å². The number of hydrogen-bond donors (Lipinski definition) is 2. The Hall–Kier alpha value is -0.760. The first-order valence-electron chi connectivity index (χ1n) is 26.7. The summed E-state index contributed by atoms with van der Waals surface area (Å²) in [5.41, 5.74) is 5.39. The third-order valence-corrected chi connectivity index (χ3v) is 12.9. The van der Waals surface area contributed by atoms with E-state index in [4.69, 9.17) is 24.3 Å². The predicted octanol–water partition coefficient (Wildman–Crippen LogP) is 16.6. The minimum atomic E-state index is -4.28. The van der Waals surface area contributed by atoms with E-state index in [2.05, 4.69) is 26.0 Å². The monoisotopic (exact) mass is 886 g/mol. The minimum absolute atomic E-state index is 0.0926. The van der Waals surface area contributed by atoms with Crippen LogP contribution < -0.4 is 5.73 Å². The highest BCUT2D eigenvalue weighted by molar-refractivity contribution is 7.47. The first-order chi connectivity index (χ1) is 29.9. The summed E-state index contributed by atoms with van der Waals surface area (Å²) >= 11 is 0. The first kappa shape index (κ1) is 60.2. The Morgan fingerprint density at radius 3 is 1.20 bits per heavy atom. The molecule has 8 nitrogen and oxygen atoms in total. The van der Waals surface area contributed by atoms with E-state index < -0.39 is 13.9 Å². The van der Waals surface area contributed by atoms with Gasteiger partial charge in [-0.15, -0.1) is 0 Å². The zero-order valence-corrected chi connectivity index (χ0v) is 41.6. The van der Waals surface area contributed by atoms with Crippen molar-refractivity contribution >= 4 is 13.8 Å². The molecule has 0 bridgehead atoms. The topological polar surface area (TPSA) is 117 Å². The van der Waals surface area contributed by atoms with Crippen LogP contribution in [0, 0.1) is 0 Å². The van der Waals surface area contributed by atoms with E-state index in [9.17, 15) is 14.3 Å². The van der Waals surface area contributed by atoms with Crippen molar-refractivity contribution in [1.29, 1.82) is 0 Å². The van der Waals surface area contributed by atoms with Crippen molar-refractivity contribution in [2.45, 2.75) is 283 Å². The van der Waals surface area contributed by atoms with Crippen molar-refractivity contribution in [2.24, 2.45) is 5.73 Å². The van der Waals surface area contributed by atoms with Gasteiger partial charge in [-0.3, -0.25) is 13.8 Å². The van der Waals surface area contributed by atoms with Gasteiger partial charge in [0, 0.05) is 19.6 Å². The molecule has 0 spiro atoms. The molecule has 0 aliphatic carbocycles. The SMILES string of the molecule is CCCCCCCC/C=C\CCCCCCCCCC(=O)OC(COCCCCCCCCCCCCCCCCCCCCCCCCCCC)COP(=O)(O)OCCN. The fourth-order valence-electron chi connectivity index (χ4n) is 8.00. The van der Waals surface area contributed by atoms with Crippen LogP contribution in [0.2, 0.25) is 0 Å². The highest BCUT2D eigenvalue weighted by Crippen LogP contribution is 2.43. The van der Waals surface area contributed by atoms with E-state index in [0.29, 0.717) is 13.0 Å². The average molecular weight is 886 g/mol. The molecule has 0 aliphatic heterocycles. The molecule has 0 saturated heterocycles. The molecule has 0 aromatic rings. The zero-order valence-electron chi connectivity index (χ0n) is 40.7. The quantitative estimate of drug-likeness (QED) is 0.0268. The van der Waals surface area contributed by atoms with Crippen molar-refractivity contribution in [3.8, 4) is 0 Å². The number of rotatable bonds is 52. The van der Waals surface area contributed by atoms with Gasteiger partial charge in [-0.2, -0.15) is 0 Å². The number of esters is 1. The maximum Gasteiger partial charge on any atom is 0.472 e.